The maximum atomic E-state index is 5.38. The number of benzene rings is 1. The Hall–Kier alpha value is -0.340. The van der Waals surface area contributed by atoms with Gasteiger partial charge in [-0.3, -0.25) is 0 Å². The van der Waals surface area contributed by atoms with E-state index in [2.05, 4.69) is 47.1 Å². The van der Waals surface area contributed by atoms with Crippen molar-refractivity contribution < 1.29 is 4.74 Å². The molecule has 0 aliphatic carbocycles. The summed E-state index contributed by atoms with van der Waals surface area (Å²) in [5.41, 5.74) is 2.72. The van der Waals surface area contributed by atoms with E-state index >= 15 is 0 Å². The van der Waals surface area contributed by atoms with Gasteiger partial charge in [-0.1, -0.05) is 45.8 Å². The third kappa shape index (κ3) is 2.82. The monoisotopic (exact) mass is 268 g/mol. The fourth-order valence-corrected chi connectivity index (χ4v) is 2.86. The van der Waals surface area contributed by atoms with Crippen molar-refractivity contribution in [2.45, 2.75) is 24.6 Å². The SMILES string of the molecule is Cc1ccc(C(Br)C2CCOCC2)cc1. The maximum absolute atomic E-state index is 5.38. The Morgan fingerprint density at radius 3 is 2.40 bits per heavy atom. The molecule has 1 nitrogen and oxygen atoms in total. The Labute approximate surface area is 100.0 Å². The van der Waals surface area contributed by atoms with E-state index in [0.717, 1.165) is 19.1 Å². The fraction of sp³-hybridized carbons (Fsp3) is 0.538. The number of halogens is 1. The number of alkyl halides is 1. The van der Waals surface area contributed by atoms with Crippen molar-refractivity contribution in [3.63, 3.8) is 0 Å². The fourth-order valence-electron chi connectivity index (χ4n) is 2.03. The van der Waals surface area contributed by atoms with Gasteiger partial charge in [0.15, 0.2) is 0 Å². The number of ether oxygens (including phenoxy) is 1. The molecular formula is C13H17BrO. The molecule has 1 aromatic carbocycles. The normalized spacial score (nSPS) is 20.1. The second-order valence-electron chi connectivity index (χ2n) is 4.26. The van der Waals surface area contributed by atoms with Crippen LogP contribution in [0.25, 0.3) is 0 Å². The summed E-state index contributed by atoms with van der Waals surface area (Å²) in [4.78, 5) is 0.488. The van der Waals surface area contributed by atoms with Crippen LogP contribution in [0.5, 0.6) is 0 Å². The Kier molecular flexibility index (Phi) is 3.81. The van der Waals surface area contributed by atoms with Crippen LogP contribution in [0.15, 0.2) is 24.3 Å². The van der Waals surface area contributed by atoms with Gasteiger partial charge < -0.3 is 4.74 Å². The lowest BCUT2D eigenvalue weighted by atomic mass is 9.92. The molecule has 1 unspecified atom stereocenters. The first-order valence-corrected chi connectivity index (χ1v) is 6.47. The van der Waals surface area contributed by atoms with Gasteiger partial charge in [-0.2, -0.15) is 0 Å². The van der Waals surface area contributed by atoms with Crippen LogP contribution >= 0.6 is 15.9 Å². The van der Waals surface area contributed by atoms with E-state index in [1.165, 1.54) is 24.0 Å². The second-order valence-corrected chi connectivity index (χ2v) is 5.25. The van der Waals surface area contributed by atoms with Crippen molar-refractivity contribution in [2.24, 2.45) is 5.92 Å². The minimum atomic E-state index is 0.488. The summed E-state index contributed by atoms with van der Waals surface area (Å²) >= 11 is 3.82. The Morgan fingerprint density at radius 2 is 1.80 bits per heavy atom. The zero-order valence-corrected chi connectivity index (χ0v) is 10.7. The van der Waals surface area contributed by atoms with Gasteiger partial charge in [0.1, 0.15) is 0 Å². The molecule has 0 saturated carbocycles. The highest BCUT2D eigenvalue weighted by Crippen LogP contribution is 2.36. The standard InChI is InChI=1S/C13H17BrO/c1-10-2-4-11(5-3-10)13(14)12-6-8-15-9-7-12/h2-5,12-13H,6-9H2,1H3. The number of hydrogen-bond acceptors (Lipinski definition) is 1. The maximum Gasteiger partial charge on any atom is 0.0469 e. The summed E-state index contributed by atoms with van der Waals surface area (Å²) < 4.78 is 5.38. The molecule has 0 aromatic heterocycles. The van der Waals surface area contributed by atoms with Crippen molar-refractivity contribution in [1.82, 2.24) is 0 Å². The predicted octanol–water partition coefficient (Wildman–Crippen LogP) is 3.86. The van der Waals surface area contributed by atoms with Crippen molar-refractivity contribution >= 4 is 15.9 Å². The van der Waals surface area contributed by atoms with Gasteiger partial charge in [0, 0.05) is 18.0 Å². The lowest BCUT2D eigenvalue weighted by molar-refractivity contribution is 0.0662. The molecule has 1 fully saturated rings. The number of aryl methyl sites for hydroxylation is 1. The number of rotatable bonds is 2. The predicted molar refractivity (Wildman–Crippen MR) is 66.4 cm³/mol. The van der Waals surface area contributed by atoms with Crippen LogP contribution < -0.4 is 0 Å². The molecule has 1 heterocycles. The van der Waals surface area contributed by atoms with Crippen molar-refractivity contribution in [2.75, 3.05) is 13.2 Å². The topological polar surface area (TPSA) is 9.23 Å². The number of hydrogen-bond donors (Lipinski definition) is 0. The van der Waals surface area contributed by atoms with Crippen LogP contribution in [0, 0.1) is 12.8 Å². The Balaban J connectivity index is 2.05. The highest BCUT2D eigenvalue weighted by atomic mass is 79.9. The second kappa shape index (κ2) is 5.13. The smallest absolute Gasteiger partial charge is 0.0469 e. The van der Waals surface area contributed by atoms with Gasteiger partial charge in [-0.15, -0.1) is 0 Å². The lowest BCUT2D eigenvalue weighted by Gasteiger charge is -2.26. The van der Waals surface area contributed by atoms with Crippen molar-refractivity contribution in [3.8, 4) is 0 Å². The molecule has 0 bridgehead atoms. The largest absolute Gasteiger partial charge is 0.381 e. The zero-order chi connectivity index (χ0) is 10.7. The molecule has 1 aromatic rings. The minimum absolute atomic E-state index is 0.488. The minimum Gasteiger partial charge on any atom is -0.381 e. The molecule has 0 N–H and O–H groups in total. The van der Waals surface area contributed by atoms with Crippen LogP contribution in [-0.4, -0.2) is 13.2 Å². The van der Waals surface area contributed by atoms with Gasteiger partial charge in [0.25, 0.3) is 0 Å². The summed E-state index contributed by atoms with van der Waals surface area (Å²) in [6, 6.07) is 8.82. The van der Waals surface area contributed by atoms with E-state index in [1.807, 2.05) is 0 Å². The van der Waals surface area contributed by atoms with E-state index in [4.69, 9.17) is 4.74 Å². The lowest BCUT2D eigenvalue weighted by Crippen LogP contribution is -2.19. The van der Waals surface area contributed by atoms with E-state index in [0.29, 0.717) is 4.83 Å². The molecule has 2 heteroatoms. The van der Waals surface area contributed by atoms with Crippen molar-refractivity contribution in [3.05, 3.63) is 35.4 Å². The van der Waals surface area contributed by atoms with Gasteiger partial charge >= 0.3 is 0 Å². The van der Waals surface area contributed by atoms with Crippen molar-refractivity contribution in [1.29, 1.82) is 0 Å². The Morgan fingerprint density at radius 1 is 1.20 bits per heavy atom. The molecule has 0 spiro atoms. The van der Waals surface area contributed by atoms with E-state index in [9.17, 15) is 0 Å². The van der Waals surface area contributed by atoms with E-state index in [-0.39, 0.29) is 0 Å². The van der Waals surface area contributed by atoms with Crippen LogP contribution in [0.2, 0.25) is 0 Å². The van der Waals surface area contributed by atoms with Gasteiger partial charge in [-0.25, -0.2) is 0 Å². The van der Waals surface area contributed by atoms with Gasteiger partial charge in [0.05, 0.1) is 0 Å². The van der Waals surface area contributed by atoms with E-state index in [1.54, 1.807) is 0 Å². The average molecular weight is 269 g/mol. The molecule has 1 atom stereocenters. The molecule has 1 aliphatic heterocycles. The summed E-state index contributed by atoms with van der Waals surface area (Å²) in [7, 11) is 0. The first-order chi connectivity index (χ1) is 7.27. The van der Waals surface area contributed by atoms with Crippen LogP contribution in [0.1, 0.15) is 28.8 Å². The van der Waals surface area contributed by atoms with Crippen LogP contribution in [-0.2, 0) is 4.74 Å². The Bertz CT molecular complexity index is 301. The molecule has 2 rings (SSSR count). The summed E-state index contributed by atoms with van der Waals surface area (Å²) in [5, 5.41) is 0. The summed E-state index contributed by atoms with van der Waals surface area (Å²) in [5.74, 6) is 0.724. The van der Waals surface area contributed by atoms with Crippen LogP contribution in [0.4, 0.5) is 0 Å². The molecular weight excluding hydrogens is 252 g/mol. The van der Waals surface area contributed by atoms with Crippen LogP contribution in [0.3, 0.4) is 0 Å². The van der Waals surface area contributed by atoms with E-state index < -0.39 is 0 Å². The first kappa shape index (κ1) is 11.2. The average Bonchev–Trinajstić information content (AvgIpc) is 2.30. The molecule has 0 radical (unpaired) electrons. The molecule has 15 heavy (non-hydrogen) atoms. The summed E-state index contributed by atoms with van der Waals surface area (Å²) in [6.45, 7) is 3.96. The highest BCUT2D eigenvalue weighted by Gasteiger charge is 2.22. The molecule has 82 valence electrons. The first-order valence-electron chi connectivity index (χ1n) is 5.56. The molecule has 0 amide bonds. The summed E-state index contributed by atoms with van der Waals surface area (Å²) in [6.07, 6.45) is 2.34. The third-order valence-corrected chi connectivity index (χ3v) is 4.35. The van der Waals surface area contributed by atoms with Gasteiger partial charge in [0.2, 0.25) is 0 Å². The zero-order valence-electron chi connectivity index (χ0n) is 9.08. The third-order valence-electron chi connectivity index (χ3n) is 3.08. The van der Waals surface area contributed by atoms with Gasteiger partial charge in [-0.05, 0) is 31.2 Å². The molecule has 1 aliphatic rings. The highest BCUT2D eigenvalue weighted by molar-refractivity contribution is 9.09. The quantitative estimate of drug-likeness (QED) is 0.741. The molecule has 1 saturated heterocycles.